The van der Waals surface area contributed by atoms with Crippen LogP contribution in [0.4, 0.5) is 4.79 Å². The van der Waals surface area contributed by atoms with Crippen LogP contribution in [0.15, 0.2) is 59.5 Å². The fourth-order valence-electron chi connectivity index (χ4n) is 4.91. The number of benzene rings is 2. The standard InChI is InChI=1S/C29H39N3O8S/c1-29(2,14-7-15-30)20-31(41(36,37)25-12-10-24(38-3)11-13-25)17-27(33)26(16-22-8-5-4-6-9-22)32(28(34)35)23-18-39-21-40-19-23/h4-6,8-13,23,26-27,33H,7,14,16-21H2,1-3H3,(H,34,35)/t26-,27+/m0/s1. The number of aliphatic hydroxyl groups excluding tert-OH is 1. The van der Waals surface area contributed by atoms with Gasteiger partial charge in [0.1, 0.15) is 12.5 Å². The Bertz CT molecular complexity index is 1260. The highest BCUT2D eigenvalue weighted by Gasteiger charge is 2.40. The van der Waals surface area contributed by atoms with Crippen molar-refractivity contribution >= 4 is 16.1 Å². The molecule has 1 amide bonds. The average Bonchev–Trinajstić information content (AvgIpc) is 2.96. The predicted molar refractivity (Wildman–Crippen MR) is 151 cm³/mol. The van der Waals surface area contributed by atoms with Gasteiger partial charge in [0.2, 0.25) is 10.0 Å². The summed E-state index contributed by atoms with van der Waals surface area (Å²) in [5.74, 6) is 0.488. The molecule has 0 radical (unpaired) electrons. The van der Waals surface area contributed by atoms with E-state index in [-0.39, 0.29) is 50.8 Å². The number of ether oxygens (including phenoxy) is 3. The van der Waals surface area contributed by atoms with E-state index in [2.05, 4.69) is 6.07 Å². The third-order valence-electron chi connectivity index (χ3n) is 7.10. The lowest BCUT2D eigenvalue weighted by atomic mass is 9.88. The van der Waals surface area contributed by atoms with Crippen LogP contribution >= 0.6 is 0 Å². The Labute approximate surface area is 241 Å². The van der Waals surface area contributed by atoms with Gasteiger partial charge in [-0.3, -0.25) is 4.90 Å². The Morgan fingerprint density at radius 3 is 2.34 bits per heavy atom. The van der Waals surface area contributed by atoms with Crippen LogP contribution in [-0.2, 0) is 25.9 Å². The Morgan fingerprint density at radius 1 is 1.15 bits per heavy atom. The maximum Gasteiger partial charge on any atom is 0.408 e. The quantitative estimate of drug-likeness (QED) is 0.338. The number of nitriles is 1. The van der Waals surface area contributed by atoms with Crippen molar-refractivity contribution in [1.29, 1.82) is 5.26 Å². The molecule has 12 heteroatoms. The topological polar surface area (TPSA) is 150 Å². The minimum Gasteiger partial charge on any atom is -0.497 e. The highest BCUT2D eigenvalue weighted by Crippen LogP contribution is 2.29. The lowest BCUT2D eigenvalue weighted by Crippen LogP contribution is -2.59. The molecule has 0 saturated carbocycles. The third kappa shape index (κ3) is 8.89. The third-order valence-corrected chi connectivity index (χ3v) is 8.92. The van der Waals surface area contributed by atoms with Crippen molar-refractivity contribution in [2.75, 3.05) is 40.2 Å². The van der Waals surface area contributed by atoms with Gasteiger partial charge in [-0.15, -0.1) is 0 Å². The molecule has 2 aromatic carbocycles. The number of sulfonamides is 1. The molecule has 0 spiro atoms. The van der Waals surface area contributed by atoms with Crippen LogP contribution in [0, 0.1) is 16.7 Å². The molecule has 3 rings (SSSR count). The molecule has 0 bridgehead atoms. The van der Waals surface area contributed by atoms with Gasteiger partial charge in [-0.25, -0.2) is 13.2 Å². The Balaban J connectivity index is 2.01. The normalized spacial score (nSPS) is 16.1. The first-order valence-corrected chi connectivity index (χ1v) is 14.8. The number of hydrogen-bond donors (Lipinski definition) is 2. The minimum atomic E-state index is -4.14. The molecular weight excluding hydrogens is 550 g/mol. The largest absolute Gasteiger partial charge is 0.497 e. The van der Waals surface area contributed by atoms with Crippen LogP contribution in [0.3, 0.4) is 0 Å². The Morgan fingerprint density at radius 2 is 1.78 bits per heavy atom. The number of amides is 1. The van der Waals surface area contributed by atoms with E-state index < -0.39 is 39.7 Å². The SMILES string of the molecule is COc1ccc(S(=O)(=O)N(C[C@@H](O)[C@H](Cc2ccccc2)N(C(=O)O)C2COCOC2)CC(C)(C)CCC#N)cc1. The lowest BCUT2D eigenvalue weighted by Gasteiger charge is -2.41. The zero-order chi connectivity index (χ0) is 30.0. The molecular formula is C29H39N3O8S. The van der Waals surface area contributed by atoms with E-state index in [1.54, 1.807) is 0 Å². The molecule has 2 aromatic rings. The van der Waals surface area contributed by atoms with Crippen LogP contribution in [0.1, 0.15) is 32.3 Å². The molecule has 224 valence electrons. The summed E-state index contributed by atoms with van der Waals surface area (Å²) in [6, 6.07) is 15.4. The van der Waals surface area contributed by atoms with Crippen molar-refractivity contribution < 1.29 is 37.6 Å². The van der Waals surface area contributed by atoms with E-state index in [0.717, 1.165) is 10.5 Å². The van der Waals surface area contributed by atoms with Gasteiger partial charge < -0.3 is 24.4 Å². The second-order valence-corrected chi connectivity index (χ2v) is 12.8. The fraction of sp³-hybridized carbons (Fsp3) is 0.517. The van der Waals surface area contributed by atoms with E-state index in [1.807, 2.05) is 44.2 Å². The second kappa shape index (κ2) is 14.6. The first-order valence-electron chi connectivity index (χ1n) is 13.4. The van der Waals surface area contributed by atoms with Crippen molar-refractivity contribution in [2.24, 2.45) is 5.41 Å². The van der Waals surface area contributed by atoms with Crippen LogP contribution < -0.4 is 4.74 Å². The number of carbonyl (C=O) groups is 1. The second-order valence-electron chi connectivity index (χ2n) is 10.8. The zero-order valence-corrected chi connectivity index (χ0v) is 24.5. The summed E-state index contributed by atoms with van der Waals surface area (Å²) in [5, 5.41) is 31.1. The van der Waals surface area contributed by atoms with E-state index >= 15 is 0 Å². The maximum atomic E-state index is 13.9. The van der Waals surface area contributed by atoms with Gasteiger partial charge in [0.05, 0.1) is 49.5 Å². The molecule has 0 aromatic heterocycles. The van der Waals surface area contributed by atoms with Gasteiger partial charge in [-0.05, 0) is 48.1 Å². The summed E-state index contributed by atoms with van der Waals surface area (Å²) >= 11 is 0. The number of methoxy groups -OCH3 is 1. The summed E-state index contributed by atoms with van der Waals surface area (Å²) in [6.45, 7) is 3.55. The van der Waals surface area contributed by atoms with Crippen molar-refractivity contribution in [2.45, 2.75) is 56.2 Å². The van der Waals surface area contributed by atoms with Crippen molar-refractivity contribution in [3.8, 4) is 11.8 Å². The van der Waals surface area contributed by atoms with Crippen LogP contribution in [0.2, 0.25) is 0 Å². The van der Waals surface area contributed by atoms with E-state index in [9.17, 15) is 23.4 Å². The number of hydrogen-bond acceptors (Lipinski definition) is 8. The molecule has 1 saturated heterocycles. The van der Waals surface area contributed by atoms with Crippen LogP contribution in [-0.4, -0.2) is 92.3 Å². The fourth-order valence-corrected chi connectivity index (χ4v) is 6.55. The molecule has 11 nitrogen and oxygen atoms in total. The molecule has 1 heterocycles. The van der Waals surface area contributed by atoms with Crippen LogP contribution in [0.25, 0.3) is 0 Å². The van der Waals surface area contributed by atoms with Crippen molar-refractivity contribution in [1.82, 2.24) is 9.21 Å². The smallest absolute Gasteiger partial charge is 0.408 e. The maximum absolute atomic E-state index is 13.9. The van der Waals surface area contributed by atoms with E-state index in [1.165, 1.54) is 35.7 Å². The number of rotatable bonds is 14. The molecule has 2 atom stereocenters. The van der Waals surface area contributed by atoms with Crippen molar-refractivity contribution in [3.63, 3.8) is 0 Å². The summed E-state index contributed by atoms with van der Waals surface area (Å²) in [6.07, 6.45) is -1.88. The number of carboxylic acid groups (broad SMARTS) is 1. The molecule has 41 heavy (non-hydrogen) atoms. The summed E-state index contributed by atoms with van der Waals surface area (Å²) in [4.78, 5) is 13.7. The highest BCUT2D eigenvalue weighted by atomic mass is 32.2. The van der Waals surface area contributed by atoms with Gasteiger partial charge in [-0.1, -0.05) is 44.2 Å². The molecule has 0 aliphatic carbocycles. The molecule has 1 aliphatic heterocycles. The zero-order valence-electron chi connectivity index (χ0n) is 23.7. The van der Waals surface area contributed by atoms with Gasteiger partial charge in [0.15, 0.2) is 0 Å². The minimum absolute atomic E-state index is 0.000875. The summed E-state index contributed by atoms with van der Waals surface area (Å²) < 4.78 is 45.0. The van der Waals surface area contributed by atoms with Gasteiger partial charge >= 0.3 is 6.09 Å². The molecule has 1 fully saturated rings. The van der Waals surface area contributed by atoms with Crippen molar-refractivity contribution in [3.05, 3.63) is 60.2 Å². The molecule has 2 N–H and O–H groups in total. The van der Waals surface area contributed by atoms with E-state index in [0.29, 0.717) is 12.2 Å². The first kappa shape index (κ1) is 32.3. The monoisotopic (exact) mass is 589 g/mol. The summed E-state index contributed by atoms with van der Waals surface area (Å²) in [7, 11) is -2.66. The van der Waals surface area contributed by atoms with Gasteiger partial charge in [-0.2, -0.15) is 9.57 Å². The number of aliphatic hydroxyl groups is 1. The Hall–Kier alpha value is -3.21. The molecule has 1 aliphatic rings. The predicted octanol–water partition coefficient (Wildman–Crippen LogP) is 3.34. The van der Waals surface area contributed by atoms with Gasteiger partial charge in [0.25, 0.3) is 0 Å². The lowest BCUT2D eigenvalue weighted by molar-refractivity contribution is -0.140. The number of nitrogens with zero attached hydrogens (tertiary/aromatic N) is 3. The highest BCUT2D eigenvalue weighted by molar-refractivity contribution is 7.89. The molecule has 0 unspecified atom stereocenters. The first-order chi connectivity index (χ1) is 19.5. The Kier molecular flexibility index (Phi) is 11.5. The average molecular weight is 590 g/mol. The van der Waals surface area contributed by atoms with Crippen LogP contribution in [0.5, 0.6) is 5.75 Å². The summed E-state index contributed by atoms with van der Waals surface area (Å²) in [5.41, 5.74) is 0.168. The van der Waals surface area contributed by atoms with E-state index in [4.69, 9.17) is 19.5 Å². The van der Waals surface area contributed by atoms with Gasteiger partial charge in [0, 0.05) is 19.5 Å².